The van der Waals surface area contributed by atoms with E-state index in [0.717, 1.165) is 17.7 Å². The Kier molecular flexibility index (Phi) is 4.79. The van der Waals surface area contributed by atoms with Gasteiger partial charge in [0.05, 0.1) is 19.7 Å². The van der Waals surface area contributed by atoms with Gasteiger partial charge < -0.3 is 15.8 Å². The van der Waals surface area contributed by atoms with Gasteiger partial charge in [0.15, 0.2) is 0 Å². The monoisotopic (exact) mass is 222 g/mol. The number of rotatable bonds is 5. The normalized spacial score (nSPS) is 11.9. The molecule has 4 nitrogen and oxygen atoms in total. The molecule has 0 aliphatic heterocycles. The van der Waals surface area contributed by atoms with Crippen molar-refractivity contribution in [2.45, 2.75) is 19.4 Å². The van der Waals surface area contributed by atoms with Crippen LogP contribution in [0, 0.1) is 0 Å². The number of hydrogen-bond acceptors (Lipinski definition) is 3. The van der Waals surface area contributed by atoms with E-state index in [-0.39, 0.29) is 18.5 Å². The molecule has 1 atom stereocenters. The third-order valence-corrected chi connectivity index (χ3v) is 2.44. The van der Waals surface area contributed by atoms with Crippen LogP contribution in [-0.4, -0.2) is 19.6 Å². The summed E-state index contributed by atoms with van der Waals surface area (Å²) in [7, 11) is 1.62. The molecule has 0 heterocycles. The van der Waals surface area contributed by atoms with Crippen molar-refractivity contribution in [3.8, 4) is 5.75 Å². The van der Waals surface area contributed by atoms with Crippen LogP contribution in [0.15, 0.2) is 24.3 Å². The number of benzene rings is 1. The Bertz CT molecular complexity index is 353. The molecule has 0 saturated heterocycles. The number of para-hydroxylation sites is 1. The number of nitrogens with two attached hydrogens (primary N) is 1. The topological polar surface area (TPSA) is 64.4 Å². The Labute approximate surface area is 95.8 Å². The van der Waals surface area contributed by atoms with E-state index in [1.54, 1.807) is 7.11 Å². The van der Waals surface area contributed by atoms with E-state index < -0.39 is 0 Å². The summed E-state index contributed by atoms with van der Waals surface area (Å²) in [5.74, 6) is 0.629. The Morgan fingerprint density at radius 1 is 1.50 bits per heavy atom. The number of carbonyl (C=O) groups excluding carboxylic acids is 1. The van der Waals surface area contributed by atoms with E-state index in [2.05, 4.69) is 5.32 Å². The highest BCUT2D eigenvalue weighted by Crippen LogP contribution is 2.26. The molecule has 0 radical (unpaired) electrons. The molecule has 1 unspecified atom stereocenters. The third-order valence-electron chi connectivity index (χ3n) is 2.44. The molecule has 0 aliphatic rings. The highest BCUT2D eigenvalue weighted by Gasteiger charge is 2.15. The number of nitrogens with one attached hydrogen (secondary N) is 1. The lowest BCUT2D eigenvalue weighted by Crippen LogP contribution is -2.33. The predicted octanol–water partition coefficient (Wildman–Crippen LogP) is 1.22. The molecule has 1 aromatic rings. The molecule has 88 valence electrons. The van der Waals surface area contributed by atoms with Crippen molar-refractivity contribution in [1.82, 2.24) is 5.32 Å². The summed E-state index contributed by atoms with van der Waals surface area (Å²) in [6, 6.07) is 7.61. The van der Waals surface area contributed by atoms with Crippen LogP contribution in [0.3, 0.4) is 0 Å². The Morgan fingerprint density at radius 2 is 2.19 bits per heavy atom. The van der Waals surface area contributed by atoms with Gasteiger partial charge in [-0.2, -0.15) is 0 Å². The molecular weight excluding hydrogens is 204 g/mol. The number of ether oxygens (including phenoxy) is 1. The summed E-state index contributed by atoms with van der Waals surface area (Å²) in [4.78, 5) is 11.3. The summed E-state index contributed by atoms with van der Waals surface area (Å²) >= 11 is 0. The fraction of sp³-hybridized carbons (Fsp3) is 0.417. The maximum absolute atomic E-state index is 11.3. The van der Waals surface area contributed by atoms with Gasteiger partial charge in [-0.15, -0.1) is 0 Å². The van der Waals surface area contributed by atoms with E-state index >= 15 is 0 Å². The van der Waals surface area contributed by atoms with Gasteiger partial charge in [0.1, 0.15) is 5.75 Å². The van der Waals surface area contributed by atoms with Crippen LogP contribution >= 0.6 is 0 Å². The molecule has 0 aliphatic carbocycles. The van der Waals surface area contributed by atoms with Crippen LogP contribution in [0.2, 0.25) is 0 Å². The second-order valence-corrected chi connectivity index (χ2v) is 3.47. The van der Waals surface area contributed by atoms with Gasteiger partial charge in [0.25, 0.3) is 0 Å². The number of hydrogen-bond donors (Lipinski definition) is 2. The lowest BCUT2D eigenvalue weighted by molar-refractivity contribution is -0.120. The minimum absolute atomic E-state index is 0.00560. The van der Waals surface area contributed by atoms with Crippen molar-refractivity contribution in [2.75, 3.05) is 13.7 Å². The molecular formula is C12H18N2O2. The van der Waals surface area contributed by atoms with Crippen molar-refractivity contribution in [3.05, 3.63) is 29.8 Å². The van der Waals surface area contributed by atoms with Crippen molar-refractivity contribution in [3.63, 3.8) is 0 Å². The van der Waals surface area contributed by atoms with Crippen LogP contribution in [0.5, 0.6) is 5.75 Å². The first-order chi connectivity index (χ1) is 7.72. The second-order valence-electron chi connectivity index (χ2n) is 3.47. The van der Waals surface area contributed by atoms with Crippen molar-refractivity contribution < 1.29 is 9.53 Å². The fourth-order valence-corrected chi connectivity index (χ4v) is 1.61. The van der Waals surface area contributed by atoms with Crippen LogP contribution in [0.25, 0.3) is 0 Å². The molecule has 16 heavy (non-hydrogen) atoms. The standard InChI is InChI=1S/C12H18N2O2/c1-3-10(14-12(15)8-13)9-6-4-5-7-11(9)16-2/h4-7,10H,3,8,13H2,1-2H3,(H,14,15). The van der Waals surface area contributed by atoms with Crippen molar-refractivity contribution in [2.24, 2.45) is 5.73 Å². The molecule has 4 heteroatoms. The second kappa shape index (κ2) is 6.12. The first-order valence-corrected chi connectivity index (χ1v) is 5.35. The maximum Gasteiger partial charge on any atom is 0.234 e. The van der Waals surface area contributed by atoms with E-state index in [0.29, 0.717) is 0 Å². The van der Waals surface area contributed by atoms with Gasteiger partial charge in [0, 0.05) is 5.56 Å². The van der Waals surface area contributed by atoms with Crippen LogP contribution in [-0.2, 0) is 4.79 Å². The van der Waals surface area contributed by atoms with Gasteiger partial charge in [0.2, 0.25) is 5.91 Å². The van der Waals surface area contributed by atoms with Crippen molar-refractivity contribution in [1.29, 1.82) is 0 Å². The smallest absolute Gasteiger partial charge is 0.234 e. The Balaban J connectivity index is 2.89. The van der Waals surface area contributed by atoms with E-state index in [1.165, 1.54) is 0 Å². The maximum atomic E-state index is 11.3. The Morgan fingerprint density at radius 3 is 2.75 bits per heavy atom. The Hall–Kier alpha value is -1.55. The minimum Gasteiger partial charge on any atom is -0.496 e. The molecule has 3 N–H and O–H groups in total. The van der Waals surface area contributed by atoms with E-state index in [1.807, 2.05) is 31.2 Å². The highest BCUT2D eigenvalue weighted by atomic mass is 16.5. The predicted molar refractivity (Wildman–Crippen MR) is 63.2 cm³/mol. The van der Waals surface area contributed by atoms with E-state index in [4.69, 9.17) is 10.5 Å². The summed E-state index contributed by atoms with van der Waals surface area (Å²) in [5.41, 5.74) is 6.26. The number of methoxy groups -OCH3 is 1. The van der Waals surface area contributed by atoms with Gasteiger partial charge in [-0.3, -0.25) is 4.79 Å². The number of carbonyl (C=O) groups is 1. The zero-order valence-electron chi connectivity index (χ0n) is 9.69. The SMILES string of the molecule is CCC(NC(=O)CN)c1ccccc1OC. The van der Waals surface area contributed by atoms with Gasteiger partial charge in [-0.25, -0.2) is 0 Å². The molecule has 0 fully saturated rings. The van der Waals surface area contributed by atoms with Gasteiger partial charge in [-0.05, 0) is 12.5 Å². The largest absolute Gasteiger partial charge is 0.496 e. The summed E-state index contributed by atoms with van der Waals surface area (Å²) in [6.45, 7) is 2.01. The van der Waals surface area contributed by atoms with Crippen molar-refractivity contribution >= 4 is 5.91 Å². The molecule has 0 saturated carbocycles. The van der Waals surface area contributed by atoms with Crippen LogP contribution in [0.4, 0.5) is 0 Å². The lowest BCUT2D eigenvalue weighted by atomic mass is 10.0. The zero-order valence-corrected chi connectivity index (χ0v) is 9.69. The lowest BCUT2D eigenvalue weighted by Gasteiger charge is -2.19. The molecule has 0 aromatic heterocycles. The van der Waals surface area contributed by atoms with Crippen LogP contribution in [0.1, 0.15) is 24.9 Å². The third kappa shape index (κ3) is 2.97. The average Bonchev–Trinajstić information content (AvgIpc) is 2.35. The first kappa shape index (κ1) is 12.5. The molecule has 0 bridgehead atoms. The molecule has 1 rings (SSSR count). The highest BCUT2D eigenvalue weighted by molar-refractivity contribution is 5.78. The quantitative estimate of drug-likeness (QED) is 0.787. The zero-order chi connectivity index (χ0) is 12.0. The molecule has 1 aromatic carbocycles. The van der Waals surface area contributed by atoms with Crippen LogP contribution < -0.4 is 15.8 Å². The number of amides is 1. The summed E-state index contributed by atoms with van der Waals surface area (Å²) in [6.07, 6.45) is 0.798. The molecule has 1 amide bonds. The fourth-order valence-electron chi connectivity index (χ4n) is 1.61. The minimum atomic E-state index is -0.155. The summed E-state index contributed by atoms with van der Waals surface area (Å²) in [5, 5.41) is 2.86. The first-order valence-electron chi connectivity index (χ1n) is 5.35. The van der Waals surface area contributed by atoms with E-state index in [9.17, 15) is 4.79 Å². The summed E-state index contributed by atoms with van der Waals surface area (Å²) < 4.78 is 5.26. The molecule has 0 spiro atoms. The van der Waals surface area contributed by atoms with Gasteiger partial charge >= 0.3 is 0 Å². The van der Waals surface area contributed by atoms with Gasteiger partial charge in [-0.1, -0.05) is 25.1 Å². The average molecular weight is 222 g/mol.